The molecule has 0 bridgehead atoms. The van der Waals surface area contributed by atoms with Gasteiger partial charge in [0.25, 0.3) is 5.91 Å². The molecular formula is C26H26ClN3O2. The van der Waals surface area contributed by atoms with Gasteiger partial charge in [-0.1, -0.05) is 66.2 Å². The van der Waals surface area contributed by atoms with E-state index in [1.54, 1.807) is 17.0 Å². The van der Waals surface area contributed by atoms with Gasteiger partial charge in [-0.15, -0.1) is 0 Å². The second kappa shape index (κ2) is 9.55. The number of nitrogens with zero attached hydrogens (tertiary/aromatic N) is 2. The van der Waals surface area contributed by atoms with Gasteiger partial charge in [0.05, 0.1) is 0 Å². The molecule has 0 aromatic heterocycles. The molecule has 1 unspecified atom stereocenters. The minimum atomic E-state index is -0.675. The summed E-state index contributed by atoms with van der Waals surface area (Å²) >= 11 is 6.13. The van der Waals surface area contributed by atoms with Crippen molar-refractivity contribution in [3.63, 3.8) is 0 Å². The lowest BCUT2D eigenvalue weighted by molar-refractivity contribution is -0.125. The first kappa shape index (κ1) is 22.1. The maximum absolute atomic E-state index is 13.3. The van der Waals surface area contributed by atoms with Gasteiger partial charge >= 0.3 is 0 Å². The topological polar surface area (TPSA) is 52.7 Å². The zero-order valence-electron chi connectivity index (χ0n) is 18.2. The van der Waals surface area contributed by atoms with Crippen molar-refractivity contribution in [3.05, 3.63) is 106 Å². The van der Waals surface area contributed by atoms with Gasteiger partial charge in [-0.25, -0.2) is 0 Å². The largest absolute Gasteiger partial charge is 0.350 e. The highest BCUT2D eigenvalue weighted by Crippen LogP contribution is 2.35. The first-order valence-corrected chi connectivity index (χ1v) is 10.9. The van der Waals surface area contributed by atoms with Crippen LogP contribution < -0.4 is 5.32 Å². The lowest BCUT2D eigenvalue weighted by Crippen LogP contribution is -2.38. The molecule has 4 rings (SSSR count). The molecule has 2 amide bonds. The number of hydrogen-bond acceptors (Lipinski definition) is 3. The summed E-state index contributed by atoms with van der Waals surface area (Å²) in [5.41, 5.74) is 4.42. The van der Waals surface area contributed by atoms with Gasteiger partial charge in [-0.3, -0.25) is 9.59 Å². The molecule has 0 saturated carbocycles. The van der Waals surface area contributed by atoms with Crippen LogP contribution in [0.3, 0.4) is 0 Å². The Balaban J connectivity index is 1.52. The molecular weight excluding hydrogens is 422 g/mol. The minimum absolute atomic E-state index is 0.145. The van der Waals surface area contributed by atoms with E-state index in [1.165, 1.54) is 5.56 Å². The fourth-order valence-corrected chi connectivity index (χ4v) is 4.27. The third-order valence-corrected chi connectivity index (χ3v) is 5.77. The van der Waals surface area contributed by atoms with E-state index in [0.29, 0.717) is 23.7 Å². The molecule has 6 heteroatoms. The average molecular weight is 448 g/mol. The van der Waals surface area contributed by atoms with E-state index in [4.69, 9.17) is 11.6 Å². The van der Waals surface area contributed by atoms with Crippen LogP contribution in [-0.2, 0) is 24.4 Å². The van der Waals surface area contributed by atoms with Gasteiger partial charge in [0, 0.05) is 30.2 Å². The van der Waals surface area contributed by atoms with Crippen molar-refractivity contribution in [3.8, 4) is 0 Å². The highest BCUT2D eigenvalue weighted by molar-refractivity contribution is 6.30. The fraction of sp³-hybridized carbons (Fsp3) is 0.231. The molecule has 0 saturated heterocycles. The molecule has 0 fully saturated rings. The van der Waals surface area contributed by atoms with Gasteiger partial charge < -0.3 is 15.1 Å². The van der Waals surface area contributed by atoms with Crippen LogP contribution in [0.4, 0.5) is 0 Å². The van der Waals surface area contributed by atoms with E-state index in [9.17, 15) is 9.59 Å². The number of hydrogen-bond donors (Lipinski definition) is 1. The van der Waals surface area contributed by atoms with Crippen LogP contribution in [0.25, 0.3) is 0 Å². The van der Waals surface area contributed by atoms with E-state index in [-0.39, 0.29) is 11.8 Å². The Morgan fingerprint density at radius 3 is 2.41 bits per heavy atom. The quantitative estimate of drug-likeness (QED) is 0.583. The van der Waals surface area contributed by atoms with Crippen molar-refractivity contribution in [2.75, 3.05) is 14.1 Å². The summed E-state index contributed by atoms with van der Waals surface area (Å²) < 4.78 is 0. The van der Waals surface area contributed by atoms with Crippen molar-refractivity contribution in [1.29, 1.82) is 0 Å². The number of halogens is 1. The van der Waals surface area contributed by atoms with Crippen LogP contribution in [0.5, 0.6) is 0 Å². The van der Waals surface area contributed by atoms with Crippen molar-refractivity contribution in [2.24, 2.45) is 0 Å². The van der Waals surface area contributed by atoms with Gasteiger partial charge in [0.15, 0.2) is 0 Å². The second-order valence-electron chi connectivity index (χ2n) is 8.32. The van der Waals surface area contributed by atoms with Crippen LogP contribution in [0.15, 0.2) is 72.8 Å². The lowest BCUT2D eigenvalue weighted by atomic mass is 10.0. The normalized spacial score (nSPS) is 15.2. The van der Waals surface area contributed by atoms with E-state index < -0.39 is 6.04 Å². The first-order chi connectivity index (χ1) is 15.4. The number of fused-ring (bicyclic) bond motifs is 1. The monoisotopic (exact) mass is 447 g/mol. The Morgan fingerprint density at radius 1 is 0.969 bits per heavy atom. The third kappa shape index (κ3) is 4.85. The predicted octanol–water partition coefficient (Wildman–Crippen LogP) is 4.42. The van der Waals surface area contributed by atoms with Crippen LogP contribution in [-0.4, -0.2) is 35.7 Å². The maximum atomic E-state index is 13.3. The number of nitrogens with one attached hydrogen (secondary N) is 1. The Kier molecular flexibility index (Phi) is 6.58. The lowest BCUT2D eigenvalue weighted by Gasteiger charge is -2.25. The second-order valence-corrected chi connectivity index (χ2v) is 8.76. The summed E-state index contributed by atoms with van der Waals surface area (Å²) in [5, 5.41) is 3.62. The molecule has 1 aliphatic heterocycles. The van der Waals surface area contributed by atoms with Gasteiger partial charge in [0.1, 0.15) is 6.04 Å². The zero-order chi connectivity index (χ0) is 22.7. The summed E-state index contributed by atoms with van der Waals surface area (Å²) in [5.74, 6) is -0.337. The smallest absolute Gasteiger partial charge is 0.255 e. The molecule has 1 N–H and O–H groups in total. The van der Waals surface area contributed by atoms with E-state index in [0.717, 1.165) is 23.2 Å². The highest BCUT2D eigenvalue weighted by atomic mass is 35.5. The number of benzene rings is 3. The van der Waals surface area contributed by atoms with Gasteiger partial charge in [-0.2, -0.15) is 0 Å². The Bertz CT molecular complexity index is 1130. The Labute approximate surface area is 193 Å². The Morgan fingerprint density at radius 2 is 1.69 bits per heavy atom. The number of carbonyl (C=O) groups excluding carboxylic acids is 2. The molecule has 3 aromatic rings. The number of amides is 2. The van der Waals surface area contributed by atoms with E-state index in [2.05, 4.69) is 22.3 Å². The third-order valence-electron chi connectivity index (χ3n) is 5.54. The number of rotatable bonds is 7. The predicted molar refractivity (Wildman–Crippen MR) is 126 cm³/mol. The minimum Gasteiger partial charge on any atom is -0.350 e. The average Bonchev–Trinajstić information content (AvgIpc) is 3.04. The SMILES string of the molecule is CN(C)Cc1ccc(CNC(=O)C2c3ccccc3C(=O)N2Cc2cccc(Cl)c2)cc1. The zero-order valence-corrected chi connectivity index (χ0v) is 19.0. The summed E-state index contributed by atoms with van der Waals surface area (Å²) in [6.07, 6.45) is 0. The highest BCUT2D eigenvalue weighted by Gasteiger charge is 2.40. The summed E-state index contributed by atoms with van der Waals surface area (Å²) in [6, 6.07) is 22.2. The van der Waals surface area contributed by atoms with Crippen molar-refractivity contribution < 1.29 is 9.59 Å². The molecule has 1 heterocycles. The molecule has 0 spiro atoms. The molecule has 32 heavy (non-hydrogen) atoms. The van der Waals surface area contributed by atoms with Crippen molar-refractivity contribution in [1.82, 2.24) is 15.1 Å². The molecule has 164 valence electrons. The van der Waals surface area contributed by atoms with Crippen LogP contribution in [0.2, 0.25) is 5.02 Å². The molecule has 5 nitrogen and oxygen atoms in total. The standard InChI is InChI=1S/C26H26ClN3O2/c1-29(2)16-19-12-10-18(11-13-19)15-28-25(31)24-22-8-3-4-9-23(22)26(32)30(24)17-20-6-5-7-21(27)14-20/h3-14,24H,15-17H2,1-2H3,(H,28,31). The Hall–Kier alpha value is -3.15. The fourth-order valence-electron chi connectivity index (χ4n) is 4.06. The van der Waals surface area contributed by atoms with Crippen molar-refractivity contribution in [2.45, 2.75) is 25.7 Å². The molecule has 1 atom stereocenters. The summed E-state index contributed by atoms with van der Waals surface area (Å²) in [6.45, 7) is 1.58. The molecule has 0 aliphatic carbocycles. The maximum Gasteiger partial charge on any atom is 0.255 e. The first-order valence-electron chi connectivity index (χ1n) is 10.6. The summed E-state index contributed by atoms with van der Waals surface area (Å²) in [7, 11) is 4.06. The molecule has 1 aliphatic rings. The van der Waals surface area contributed by atoms with E-state index in [1.807, 2.05) is 62.6 Å². The van der Waals surface area contributed by atoms with Crippen LogP contribution >= 0.6 is 11.6 Å². The molecule has 3 aromatic carbocycles. The van der Waals surface area contributed by atoms with Crippen molar-refractivity contribution >= 4 is 23.4 Å². The van der Waals surface area contributed by atoms with E-state index >= 15 is 0 Å². The van der Waals surface area contributed by atoms with Gasteiger partial charge in [0.2, 0.25) is 5.91 Å². The molecule has 0 radical (unpaired) electrons. The van der Waals surface area contributed by atoms with Crippen LogP contribution in [0, 0.1) is 0 Å². The summed E-state index contributed by atoms with van der Waals surface area (Å²) in [4.78, 5) is 30.1. The number of carbonyl (C=O) groups is 2. The van der Waals surface area contributed by atoms with Gasteiger partial charge in [-0.05, 0) is 54.5 Å². The van der Waals surface area contributed by atoms with Crippen LogP contribution in [0.1, 0.15) is 38.7 Å².